The van der Waals surface area contributed by atoms with Gasteiger partial charge < -0.3 is 14.7 Å². The average Bonchev–Trinajstić information content (AvgIpc) is 2.52. The number of aliphatic hydroxyl groups is 1. The number of anilines is 1. The Kier molecular flexibility index (Phi) is 4.31. The third-order valence-electron chi connectivity index (χ3n) is 3.85. The van der Waals surface area contributed by atoms with E-state index in [1.807, 2.05) is 6.07 Å². The lowest BCUT2D eigenvalue weighted by Crippen LogP contribution is -2.40. The summed E-state index contributed by atoms with van der Waals surface area (Å²) >= 11 is 0. The van der Waals surface area contributed by atoms with Crippen LogP contribution in [0.25, 0.3) is 10.9 Å². The summed E-state index contributed by atoms with van der Waals surface area (Å²) in [5.41, 5.74) is 1.74. The molecule has 0 aliphatic carbocycles. The molecule has 4 nitrogen and oxygen atoms in total. The molecular weight excluding hydrogens is 271 g/mol. The van der Waals surface area contributed by atoms with Gasteiger partial charge >= 0.3 is 0 Å². The molecule has 112 valence electrons. The van der Waals surface area contributed by atoms with Crippen molar-refractivity contribution in [3.63, 3.8) is 0 Å². The van der Waals surface area contributed by atoms with Gasteiger partial charge in [-0.3, -0.25) is 4.98 Å². The van der Waals surface area contributed by atoms with Crippen LogP contribution in [0.4, 0.5) is 10.1 Å². The van der Waals surface area contributed by atoms with Crippen LogP contribution < -0.4 is 4.90 Å². The van der Waals surface area contributed by atoms with Crippen LogP contribution in [0.3, 0.4) is 0 Å². The third-order valence-corrected chi connectivity index (χ3v) is 3.85. The minimum absolute atomic E-state index is 0.0496. The topological polar surface area (TPSA) is 45.6 Å². The summed E-state index contributed by atoms with van der Waals surface area (Å²) in [5.74, 6) is -0.269. The van der Waals surface area contributed by atoms with Crippen molar-refractivity contribution in [2.75, 3.05) is 31.2 Å². The predicted molar refractivity (Wildman–Crippen MR) is 80.0 cm³/mol. The van der Waals surface area contributed by atoms with Crippen LogP contribution >= 0.6 is 0 Å². The summed E-state index contributed by atoms with van der Waals surface area (Å²) in [6.07, 6.45) is 3.90. The highest BCUT2D eigenvalue weighted by molar-refractivity contribution is 5.91. The molecule has 0 spiro atoms. The van der Waals surface area contributed by atoms with Gasteiger partial charge in [0.2, 0.25) is 0 Å². The van der Waals surface area contributed by atoms with E-state index in [-0.39, 0.29) is 18.5 Å². The summed E-state index contributed by atoms with van der Waals surface area (Å²) in [6.45, 7) is 2.17. The first kappa shape index (κ1) is 14.2. The van der Waals surface area contributed by atoms with Crippen molar-refractivity contribution < 1.29 is 14.2 Å². The fourth-order valence-corrected chi connectivity index (χ4v) is 2.89. The molecule has 21 heavy (non-hydrogen) atoms. The summed E-state index contributed by atoms with van der Waals surface area (Å²) in [5, 5.41) is 9.82. The molecule has 2 heterocycles. The Hall–Kier alpha value is -1.72. The SMILES string of the molecule is OCCOC1CCCN(c2ccnc3cc(F)ccc23)C1. The van der Waals surface area contributed by atoms with Gasteiger partial charge in [-0.05, 0) is 31.0 Å². The zero-order valence-corrected chi connectivity index (χ0v) is 11.8. The second kappa shape index (κ2) is 6.37. The van der Waals surface area contributed by atoms with Crippen molar-refractivity contribution in [3.8, 4) is 0 Å². The number of aliphatic hydroxyl groups excluding tert-OH is 1. The molecule has 2 aromatic rings. The molecule has 1 fully saturated rings. The van der Waals surface area contributed by atoms with E-state index in [0.717, 1.165) is 37.0 Å². The van der Waals surface area contributed by atoms with Crippen LogP contribution in [0.1, 0.15) is 12.8 Å². The van der Waals surface area contributed by atoms with Gasteiger partial charge in [-0.15, -0.1) is 0 Å². The molecule has 1 aliphatic rings. The number of halogens is 1. The van der Waals surface area contributed by atoms with E-state index in [0.29, 0.717) is 12.1 Å². The predicted octanol–water partition coefficient (Wildman–Crippen LogP) is 2.35. The van der Waals surface area contributed by atoms with Crippen molar-refractivity contribution in [3.05, 3.63) is 36.3 Å². The standard InChI is InChI=1S/C16H19FN2O2/c17-12-3-4-14-15(10-12)18-6-5-16(14)19-7-1-2-13(11-19)21-9-8-20/h3-6,10,13,20H,1-2,7-9,11H2. The highest BCUT2D eigenvalue weighted by atomic mass is 19.1. The fraction of sp³-hybridized carbons (Fsp3) is 0.438. The number of rotatable bonds is 4. The number of piperidine rings is 1. The van der Waals surface area contributed by atoms with Crippen molar-refractivity contribution in [1.29, 1.82) is 0 Å². The molecule has 1 atom stereocenters. The molecule has 0 amide bonds. The molecule has 3 rings (SSSR count). The van der Waals surface area contributed by atoms with Gasteiger partial charge in [0.25, 0.3) is 0 Å². The minimum Gasteiger partial charge on any atom is -0.394 e. The average molecular weight is 290 g/mol. The van der Waals surface area contributed by atoms with E-state index in [9.17, 15) is 4.39 Å². The minimum atomic E-state index is -0.269. The summed E-state index contributed by atoms with van der Waals surface area (Å²) < 4.78 is 19.0. The van der Waals surface area contributed by atoms with Crippen LogP contribution in [0, 0.1) is 5.82 Å². The largest absolute Gasteiger partial charge is 0.394 e. The van der Waals surface area contributed by atoms with Gasteiger partial charge in [0.15, 0.2) is 0 Å². The van der Waals surface area contributed by atoms with E-state index in [2.05, 4.69) is 9.88 Å². The van der Waals surface area contributed by atoms with Crippen molar-refractivity contribution >= 4 is 16.6 Å². The van der Waals surface area contributed by atoms with Crippen molar-refractivity contribution in [2.45, 2.75) is 18.9 Å². The van der Waals surface area contributed by atoms with E-state index in [1.54, 1.807) is 12.3 Å². The van der Waals surface area contributed by atoms with Crippen molar-refractivity contribution in [2.24, 2.45) is 0 Å². The maximum Gasteiger partial charge on any atom is 0.125 e. The number of hydrogen-bond acceptors (Lipinski definition) is 4. The smallest absolute Gasteiger partial charge is 0.125 e. The molecule has 0 bridgehead atoms. The summed E-state index contributed by atoms with van der Waals surface area (Å²) in [7, 11) is 0. The molecule has 1 N–H and O–H groups in total. The van der Waals surface area contributed by atoms with Crippen LogP contribution in [-0.4, -0.2) is 42.5 Å². The third kappa shape index (κ3) is 3.14. The molecule has 0 saturated carbocycles. The van der Waals surface area contributed by atoms with Gasteiger partial charge in [0, 0.05) is 36.4 Å². The Bertz CT molecular complexity index is 620. The van der Waals surface area contributed by atoms with Crippen LogP contribution in [0.15, 0.2) is 30.5 Å². The van der Waals surface area contributed by atoms with Gasteiger partial charge in [-0.25, -0.2) is 4.39 Å². The molecule has 1 aliphatic heterocycles. The molecule has 1 aromatic carbocycles. The van der Waals surface area contributed by atoms with Crippen LogP contribution in [0.2, 0.25) is 0 Å². The first-order valence-electron chi connectivity index (χ1n) is 7.29. The number of benzene rings is 1. The monoisotopic (exact) mass is 290 g/mol. The van der Waals surface area contributed by atoms with Gasteiger partial charge in [-0.2, -0.15) is 0 Å². The van der Waals surface area contributed by atoms with E-state index < -0.39 is 0 Å². The van der Waals surface area contributed by atoms with Crippen LogP contribution in [0.5, 0.6) is 0 Å². The molecule has 1 aromatic heterocycles. The number of fused-ring (bicyclic) bond motifs is 1. The van der Waals surface area contributed by atoms with Crippen LogP contribution in [-0.2, 0) is 4.74 Å². The molecule has 0 radical (unpaired) electrons. The maximum atomic E-state index is 13.3. The highest BCUT2D eigenvalue weighted by Gasteiger charge is 2.21. The number of aromatic nitrogens is 1. The Morgan fingerprint density at radius 2 is 2.29 bits per heavy atom. The fourth-order valence-electron chi connectivity index (χ4n) is 2.89. The van der Waals surface area contributed by atoms with E-state index >= 15 is 0 Å². The second-order valence-electron chi connectivity index (χ2n) is 5.30. The molecular formula is C16H19FN2O2. The first-order chi connectivity index (χ1) is 10.3. The summed E-state index contributed by atoms with van der Waals surface area (Å²) in [4.78, 5) is 6.49. The zero-order chi connectivity index (χ0) is 14.7. The Labute approximate surface area is 123 Å². The Balaban J connectivity index is 1.86. The van der Waals surface area contributed by atoms with Crippen molar-refractivity contribution in [1.82, 2.24) is 4.98 Å². The Morgan fingerprint density at radius 3 is 3.14 bits per heavy atom. The highest BCUT2D eigenvalue weighted by Crippen LogP contribution is 2.28. The Morgan fingerprint density at radius 1 is 1.38 bits per heavy atom. The van der Waals surface area contributed by atoms with Gasteiger partial charge in [0.1, 0.15) is 5.82 Å². The molecule has 5 heteroatoms. The lowest BCUT2D eigenvalue weighted by Gasteiger charge is -2.34. The lowest BCUT2D eigenvalue weighted by molar-refractivity contribution is 0.0215. The summed E-state index contributed by atoms with van der Waals surface area (Å²) in [6, 6.07) is 6.68. The number of hydrogen-bond donors (Lipinski definition) is 1. The first-order valence-corrected chi connectivity index (χ1v) is 7.29. The normalized spacial score (nSPS) is 19.1. The van der Waals surface area contributed by atoms with E-state index in [4.69, 9.17) is 9.84 Å². The van der Waals surface area contributed by atoms with Gasteiger partial charge in [0.05, 0.1) is 24.8 Å². The zero-order valence-electron chi connectivity index (χ0n) is 11.8. The second-order valence-corrected chi connectivity index (χ2v) is 5.30. The van der Waals surface area contributed by atoms with Gasteiger partial charge in [-0.1, -0.05) is 0 Å². The van der Waals surface area contributed by atoms with E-state index in [1.165, 1.54) is 12.1 Å². The lowest BCUT2D eigenvalue weighted by atomic mass is 10.1. The number of pyridine rings is 1. The molecule has 1 unspecified atom stereocenters. The number of ether oxygens (including phenoxy) is 1. The quantitative estimate of drug-likeness (QED) is 0.939. The number of nitrogens with zero attached hydrogens (tertiary/aromatic N) is 2. The molecule has 1 saturated heterocycles. The maximum absolute atomic E-state index is 13.3.